The van der Waals surface area contributed by atoms with Gasteiger partial charge in [0.15, 0.2) is 12.2 Å². The van der Waals surface area contributed by atoms with Crippen molar-refractivity contribution in [3.8, 4) is 17.1 Å². The largest absolute Gasteiger partial charge is 0.496 e. The second-order valence-corrected chi connectivity index (χ2v) is 5.91. The van der Waals surface area contributed by atoms with Gasteiger partial charge in [-0.2, -0.15) is 0 Å². The van der Waals surface area contributed by atoms with Crippen molar-refractivity contribution in [3.05, 3.63) is 65.1 Å². The number of nitrogens with one attached hydrogen (secondary N) is 1. The highest BCUT2D eigenvalue weighted by Crippen LogP contribution is 2.34. The fourth-order valence-electron chi connectivity index (χ4n) is 2.54. The number of hydrogen-bond acceptors (Lipinski definition) is 4. The Morgan fingerprint density at radius 3 is 2.76 bits per heavy atom. The quantitative estimate of drug-likeness (QED) is 0.731. The summed E-state index contributed by atoms with van der Waals surface area (Å²) < 4.78 is 10.8. The van der Waals surface area contributed by atoms with Crippen molar-refractivity contribution in [1.29, 1.82) is 0 Å². The summed E-state index contributed by atoms with van der Waals surface area (Å²) >= 11 is 6.10. The van der Waals surface area contributed by atoms with Gasteiger partial charge in [0.1, 0.15) is 5.75 Å². The standard InChI is InChI=1S/C19H17ClN2O3/c1-12-19(25-11-21-12)15-8-7-14(10-17(15)24-2)22-18(23)9-13-5-3-4-6-16(13)20/h3-8,10-11H,9H2,1-2H3,(H,22,23). The van der Waals surface area contributed by atoms with E-state index >= 15 is 0 Å². The summed E-state index contributed by atoms with van der Waals surface area (Å²) in [6, 6.07) is 12.7. The molecule has 6 heteroatoms. The summed E-state index contributed by atoms with van der Waals surface area (Å²) in [6.07, 6.45) is 1.59. The third-order valence-corrected chi connectivity index (χ3v) is 4.15. The molecular weight excluding hydrogens is 340 g/mol. The van der Waals surface area contributed by atoms with E-state index in [0.29, 0.717) is 22.2 Å². The van der Waals surface area contributed by atoms with E-state index in [9.17, 15) is 4.79 Å². The van der Waals surface area contributed by atoms with Crippen molar-refractivity contribution in [2.75, 3.05) is 12.4 Å². The van der Waals surface area contributed by atoms with Crippen molar-refractivity contribution in [3.63, 3.8) is 0 Å². The number of carbonyl (C=O) groups is 1. The summed E-state index contributed by atoms with van der Waals surface area (Å²) in [7, 11) is 1.57. The fourth-order valence-corrected chi connectivity index (χ4v) is 2.74. The van der Waals surface area contributed by atoms with E-state index in [4.69, 9.17) is 20.8 Å². The molecule has 0 atom stereocenters. The van der Waals surface area contributed by atoms with Crippen molar-refractivity contribution >= 4 is 23.2 Å². The number of ether oxygens (including phenoxy) is 1. The molecule has 0 saturated carbocycles. The SMILES string of the molecule is COc1cc(NC(=O)Cc2ccccc2Cl)ccc1-c1ocnc1C. The van der Waals surface area contributed by atoms with Crippen LogP contribution in [-0.2, 0) is 11.2 Å². The smallest absolute Gasteiger partial charge is 0.228 e. The van der Waals surface area contributed by atoms with Gasteiger partial charge in [-0.05, 0) is 30.7 Å². The van der Waals surface area contributed by atoms with Gasteiger partial charge in [0.05, 0.1) is 24.8 Å². The van der Waals surface area contributed by atoms with E-state index in [0.717, 1.165) is 16.8 Å². The van der Waals surface area contributed by atoms with Crippen LogP contribution in [0.4, 0.5) is 5.69 Å². The van der Waals surface area contributed by atoms with Crippen LogP contribution in [0.1, 0.15) is 11.3 Å². The molecule has 0 aliphatic rings. The minimum atomic E-state index is -0.154. The molecule has 0 radical (unpaired) electrons. The molecule has 1 aromatic heterocycles. The van der Waals surface area contributed by atoms with E-state index in [2.05, 4.69) is 10.3 Å². The number of rotatable bonds is 5. The van der Waals surface area contributed by atoms with E-state index < -0.39 is 0 Å². The summed E-state index contributed by atoms with van der Waals surface area (Å²) in [6.45, 7) is 1.86. The first-order valence-corrected chi connectivity index (χ1v) is 8.08. The van der Waals surface area contributed by atoms with Gasteiger partial charge in [0, 0.05) is 16.8 Å². The number of anilines is 1. The lowest BCUT2D eigenvalue weighted by atomic mass is 10.1. The average molecular weight is 357 g/mol. The predicted octanol–water partition coefficient (Wildman–Crippen LogP) is 4.49. The Morgan fingerprint density at radius 2 is 2.08 bits per heavy atom. The van der Waals surface area contributed by atoms with Crippen LogP contribution in [-0.4, -0.2) is 18.0 Å². The van der Waals surface area contributed by atoms with Gasteiger partial charge in [-0.15, -0.1) is 0 Å². The number of aromatic nitrogens is 1. The number of benzene rings is 2. The third kappa shape index (κ3) is 3.83. The first-order valence-electron chi connectivity index (χ1n) is 7.70. The van der Waals surface area contributed by atoms with Gasteiger partial charge in [0.2, 0.25) is 5.91 Å². The molecule has 128 valence electrons. The highest BCUT2D eigenvalue weighted by atomic mass is 35.5. The molecule has 5 nitrogen and oxygen atoms in total. The van der Waals surface area contributed by atoms with E-state index in [1.807, 2.05) is 31.2 Å². The Labute approximate surface area is 150 Å². The number of hydrogen-bond donors (Lipinski definition) is 1. The molecule has 0 aliphatic carbocycles. The number of carbonyl (C=O) groups excluding carboxylic acids is 1. The normalized spacial score (nSPS) is 10.5. The van der Waals surface area contributed by atoms with Crippen LogP contribution in [0, 0.1) is 6.92 Å². The molecule has 3 rings (SSSR count). The van der Waals surface area contributed by atoms with Crippen LogP contribution in [0.25, 0.3) is 11.3 Å². The highest BCUT2D eigenvalue weighted by Gasteiger charge is 2.14. The number of nitrogens with zero attached hydrogens (tertiary/aromatic N) is 1. The Bertz CT molecular complexity index is 905. The molecule has 0 aliphatic heterocycles. The average Bonchev–Trinajstić information content (AvgIpc) is 3.02. The molecule has 0 fully saturated rings. The molecule has 0 bridgehead atoms. The Kier molecular flexibility index (Phi) is 5.05. The Hall–Kier alpha value is -2.79. The fraction of sp³-hybridized carbons (Fsp3) is 0.158. The molecule has 0 saturated heterocycles. The minimum Gasteiger partial charge on any atom is -0.496 e. The number of amides is 1. The number of methoxy groups -OCH3 is 1. The molecule has 0 unspecified atom stereocenters. The van der Waals surface area contributed by atoms with Crippen LogP contribution >= 0.6 is 11.6 Å². The van der Waals surface area contributed by atoms with Crippen LogP contribution in [0.15, 0.2) is 53.3 Å². The molecule has 3 aromatic rings. The van der Waals surface area contributed by atoms with Gasteiger partial charge in [-0.1, -0.05) is 29.8 Å². The zero-order valence-corrected chi connectivity index (χ0v) is 14.6. The number of oxazole rings is 1. The van der Waals surface area contributed by atoms with E-state index in [1.54, 1.807) is 25.3 Å². The van der Waals surface area contributed by atoms with Crippen molar-refractivity contribution in [2.24, 2.45) is 0 Å². The van der Waals surface area contributed by atoms with Crippen molar-refractivity contribution in [1.82, 2.24) is 4.98 Å². The first-order chi connectivity index (χ1) is 12.1. The van der Waals surface area contributed by atoms with Crippen molar-refractivity contribution in [2.45, 2.75) is 13.3 Å². The van der Waals surface area contributed by atoms with Crippen LogP contribution in [0.3, 0.4) is 0 Å². The minimum absolute atomic E-state index is 0.154. The third-order valence-electron chi connectivity index (χ3n) is 3.78. The lowest BCUT2D eigenvalue weighted by Crippen LogP contribution is -2.14. The molecular formula is C19H17ClN2O3. The van der Waals surface area contributed by atoms with Crippen LogP contribution in [0.2, 0.25) is 5.02 Å². The van der Waals surface area contributed by atoms with Crippen molar-refractivity contribution < 1.29 is 13.9 Å². The van der Waals surface area contributed by atoms with E-state index in [-0.39, 0.29) is 12.3 Å². The molecule has 1 N–H and O–H groups in total. The number of halogens is 1. The maximum Gasteiger partial charge on any atom is 0.228 e. The Balaban J connectivity index is 1.78. The summed E-state index contributed by atoms with van der Waals surface area (Å²) in [5, 5.41) is 3.43. The lowest BCUT2D eigenvalue weighted by Gasteiger charge is -2.11. The zero-order valence-electron chi connectivity index (χ0n) is 13.9. The maximum atomic E-state index is 12.3. The maximum absolute atomic E-state index is 12.3. The second kappa shape index (κ2) is 7.40. The summed E-state index contributed by atoms with van der Waals surface area (Å²) in [5.41, 5.74) is 2.97. The molecule has 1 amide bonds. The highest BCUT2D eigenvalue weighted by molar-refractivity contribution is 6.31. The van der Waals surface area contributed by atoms with Gasteiger partial charge >= 0.3 is 0 Å². The Morgan fingerprint density at radius 1 is 1.28 bits per heavy atom. The first kappa shape index (κ1) is 17.0. The molecule has 25 heavy (non-hydrogen) atoms. The van der Waals surface area contributed by atoms with E-state index in [1.165, 1.54) is 6.39 Å². The number of aryl methyl sites for hydroxylation is 1. The molecule has 2 aromatic carbocycles. The van der Waals surface area contributed by atoms with Gasteiger partial charge in [-0.25, -0.2) is 4.98 Å². The van der Waals surface area contributed by atoms with Gasteiger partial charge in [0.25, 0.3) is 0 Å². The van der Waals surface area contributed by atoms with Crippen LogP contribution < -0.4 is 10.1 Å². The van der Waals surface area contributed by atoms with Gasteiger partial charge < -0.3 is 14.5 Å². The lowest BCUT2D eigenvalue weighted by molar-refractivity contribution is -0.115. The second-order valence-electron chi connectivity index (χ2n) is 5.50. The monoisotopic (exact) mass is 356 g/mol. The van der Waals surface area contributed by atoms with Crippen LogP contribution in [0.5, 0.6) is 5.75 Å². The zero-order chi connectivity index (χ0) is 17.8. The predicted molar refractivity (Wildman–Crippen MR) is 97.0 cm³/mol. The summed E-state index contributed by atoms with van der Waals surface area (Å²) in [4.78, 5) is 16.4. The molecule has 1 heterocycles. The molecule has 0 spiro atoms. The summed E-state index contributed by atoms with van der Waals surface area (Å²) in [5.74, 6) is 1.08. The topological polar surface area (TPSA) is 64.4 Å². The van der Waals surface area contributed by atoms with Gasteiger partial charge in [-0.3, -0.25) is 4.79 Å².